The first-order valence-electron chi connectivity index (χ1n) is 11.4. The topological polar surface area (TPSA) is 92.7 Å². The molecule has 1 aliphatic rings. The summed E-state index contributed by atoms with van der Waals surface area (Å²) in [6.07, 6.45) is 7.14. The maximum absolute atomic E-state index is 13.2. The highest BCUT2D eigenvalue weighted by atomic mass is 32.2. The number of rotatable bonds is 10. The van der Waals surface area contributed by atoms with Crippen LogP contribution in [0.25, 0.3) is 0 Å². The third-order valence-corrected chi connectivity index (χ3v) is 8.11. The van der Waals surface area contributed by atoms with Crippen molar-refractivity contribution in [3.8, 4) is 5.75 Å². The summed E-state index contributed by atoms with van der Waals surface area (Å²) in [5, 5.41) is 8.60. The van der Waals surface area contributed by atoms with Gasteiger partial charge in [0.2, 0.25) is 10.0 Å². The number of anilines is 1. The predicted octanol–water partition coefficient (Wildman–Crippen LogP) is 5.76. The molecule has 6 nitrogen and oxygen atoms in total. The van der Waals surface area contributed by atoms with Crippen LogP contribution in [-0.4, -0.2) is 24.7 Å². The maximum Gasteiger partial charge on any atom is 0.335 e. The van der Waals surface area contributed by atoms with E-state index in [4.69, 9.17) is 9.84 Å². The number of sulfonamides is 1. The Morgan fingerprint density at radius 3 is 2.44 bits per heavy atom. The van der Waals surface area contributed by atoms with Crippen molar-refractivity contribution in [3.05, 3.63) is 59.2 Å². The zero-order valence-corrected chi connectivity index (χ0v) is 19.7. The molecule has 1 fully saturated rings. The van der Waals surface area contributed by atoms with Crippen LogP contribution in [0.2, 0.25) is 0 Å². The second kappa shape index (κ2) is 10.9. The molecule has 1 aliphatic carbocycles. The molecule has 2 aromatic carbocycles. The van der Waals surface area contributed by atoms with Gasteiger partial charge in [0.1, 0.15) is 12.4 Å². The summed E-state index contributed by atoms with van der Waals surface area (Å²) < 4.78 is 35.1. The average Bonchev–Trinajstić information content (AvgIpc) is 2.78. The van der Waals surface area contributed by atoms with Gasteiger partial charge in [-0.3, -0.25) is 4.72 Å². The van der Waals surface area contributed by atoms with Crippen LogP contribution >= 0.6 is 0 Å². The van der Waals surface area contributed by atoms with Crippen LogP contribution in [0.5, 0.6) is 5.75 Å². The molecule has 0 spiro atoms. The van der Waals surface area contributed by atoms with Crippen LogP contribution in [0.1, 0.15) is 73.4 Å². The summed E-state index contributed by atoms with van der Waals surface area (Å²) in [5.74, 6) is -0.0391. The minimum Gasteiger partial charge on any atom is -0.487 e. The van der Waals surface area contributed by atoms with Gasteiger partial charge in [0, 0.05) is 0 Å². The lowest BCUT2D eigenvalue weighted by Crippen LogP contribution is -2.30. The molecule has 1 atom stereocenters. The number of hydrogen-bond donors (Lipinski definition) is 2. The van der Waals surface area contributed by atoms with E-state index in [0.29, 0.717) is 30.2 Å². The van der Waals surface area contributed by atoms with Gasteiger partial charge < -0.3 is 9.84 Å². The molecule has 0 radical (unpaired) electrons. The monoisotopic (exact) mass is 459 g/mol. The number of carboxylic acids is 1. The number of aromatic carboxylic acids is 1. The Balaban J connectivity index is 1.72. The van der Waals surface area contributed by atoms with E-state index in [1.165, 1.54) is 31.4 Å². The SMILES string of the molecule is CCC(CC1CCCCC1)S(=O)(=O)Nc1ccc(C)cc1OCc1ccc(C(=O)O)cc1. The van der Waals surface area contributed by atoms with Crippen LogP contribution in [0.4, 0.5) is 5.69 Å². The van der Waals surface area contributed by atoms with Gasteiger partial charge in [-0.1, -0.05) is 57.2 Å². The highest BCUT2D eigenvalue weighted by Gasteiger charge is 2.28. The molecule has 2 aromatic rings. The molecule has 0 saturated heterocycles. The van der Waals surface area contributed by atoms with E-state index >= 15 is 0 Å². The number of nitrogens with one attached hydrogen (secondary N) is 1. The Hall–Kier alpha value is -2.54. The Kier molecular flexibility index (Phi) is 8.18. The first-order chi connectivity index (χ1) is 15.3. The molecule has 0 bridgehead atoms. The predicted molar refractivity (Wildman–Crippen MR) is 127 cm³/mol. The first kappa shape index (κ1) is 24.1. The van der Waals surface area contributed by atoms with Gasteiger partial charge >= 0.3 is 5.97 Å². The van der Waals surface area contributed by atoms with Crippen molar-refractivity contribution in [2.24, 2.45) is 5.92 Å². The third kappa shape index (κ3) is 6.48. The van der Waals surface area contributed by atoms with Gasteiger partial charge in [-0.15, -0.1) is 0 Å². The Morgan fingerprint density at radius 1 is 1.12 bits per heavy atom. The number of carbonyl (C=O) groups is 1. The third-order valence-electron chi connectivity index (χ3n) is 6.20. The van der Waals surface area contributed by atoms with E-state index in [2.05, 4.69) is 4.72 Å². The summed E-state index contributed by atoms with van der Waals surface area (Å²) in [5.41, 5.74) is 2.40. The lowest BCUT2D eigenvalue weighted by atomic mass is 9.86. The Labute approximate surface area is 191 Å². The van der Waals surface area contributed by atoms with Crippen molar-refractivity contribution in [1.29, 1.82) is 0 Å². The number of ether oxygens (including phenoxy) is 1. The van der Waals surface area contributed by atoms with Gasteiger partial charge in [-0.25, -0.2) is 13.2 Å². The second-order valence-corrected chi connectivity index (χ2v) is 10.7. The van der Waals surface area contributed by atoms with Gasteiger partial charge in [-0.05, 0) is 61.1 Å². The lowest BCUT2D eigenvalue weighted by Gasteiger charge is -2.26. The standard InChI is InChI=1S/C25H33NO5S/c1-3-22(16-19-7-5-4-6-8-19)32(29,30)26-23-14-9-18(2)15-24(23)31-17-20-10-12-21(13-11-20)25(27)28/h9-15,19,22,26H,3-8,16-17H2,1-2H3,(H,27,28). The molecule has 3 rings (SSSR count). The number of benzene rings is 2. The van der Waals surface area contributed by atoms with Crippen molar-refractivity contribution in [2.45, 2.75) is 70.7 Å². The van der Waals surface area contributed by atoms with E-state index in [9.17, 15) is 13.2 Å². The summed E-state index contributed by atoms with van der Waals surface area (Å²) in [7, 11) is -3.55. The van der Waals surface area contributed by atoms with Gasteiger partial charge in [-0.2, -0.15) is 0 Å². The normalized spacial score (nSPS) is 15.8. The Bertz CT molecular complexity index is 1010. The summed E-state index contributed by atoms with van der Waals surface area (Å²) in [6, 6.07) is 11.8. The van der Waals surface area contributed by atoms with Crippen molar-refractivity contribution in [1.82, 2.24) is 0 Å². The zero-order chi connectivity index (χ0) is 23.1. The molecular weight excluding hydrogens is 426 g/mol. The summed E-state index contributed by atoms with van der Waals surface area (Å²) in [4.78, 5) is 11.0. The highest BCUT2D eigenvalue weighted by molar-refractivity contribution is 7.93. The van der Waals surface area contributed by atoms with Crippen molar-refractivity contribution in [2.75, 3.05) is 4.72 Å². The fourth-order valence-electron chi connectivity index (χ4n) is 4.28. The van der Waals surface area contributed by atoms with Crippen LogP contribution in [0.15, 0.2) is 42.5 Å². The molecule has 1 unspecified atom stereocenters. The van der Waals surface area contributed by atoms with E-state index in [1.54, 1.807) is 18.2 Å². The quantitative estimate of drug-likeness (QED) is 0.471. The molecule has 0 amide bonds. The number of hydrogen-bond acceptors (Lipinski definition) is 4. The van der Waals surface area contributed by atoms with Crippen LogP contribution in [0, 0.1) is 12.8 Å². The highest BCUT2D eigenvalue weighted by Crippen LogP contribution is 2.32. The minimum atomic E-state index is -3.55. The molecular formula is C25H33NO5S. The van der Waals surface area contributed by atoms with Crippen LogP contribution in [-0.2, 0) is 16.6 Å². The second-order valence-electron chi connectivity index (χ2n) is 8.71. The molecule has 7 heteroatoms. The van der Waals surface area contributed by atoms with Gasteiger partial charge in [0.15, 0.2) is 0 Å². The van der Waals surface area contributed by atoms with E-state index in [1.807, 2.05) is 26.0 Å². The van der Waals surface area contributed by atoms with E-state index in [0.717, 1.165) is 24.0 Å². The van der Waals surface area contributed by atoms with Gasteiger partial charge in [0.05, 0.1) is 16.5 Å². The smallest absolute Gasteiger partial charge is 0.335 e. The molecule has 1 saturated carbocycles. The molecule has 32 heavy (non-hydrogen) atoms. The van der Waals surface area contributed by atoms with Crippen LogP contribution in [0.3, 0.4) is 0 Å². The van der Waals surface area contributed by atoms with Crippen molar-refractivity contribution < 1.29 is 23.1 Å². The number of aryl methyl sites for hydroxylation is 1. The average molecular weight is 460 g/mol. The van der Waals surface area contributed by atoms with E-state index < -0.39 is 21.2 Å². The fraction of sp³-hybridized carbons (Fsp3) is 0.480. The zero-order valence-electron chi connectivity index (χ0n) is 18.8. The molecule has 0 aromatic heterocycles. The lowest BCUT2D eigenvalue weighted by molar-refractivity contribution is 0.0697. The molecule has 0 heterocycles. The van der Waals surface area contributed by atoms with Crippen LogP contribution < -0.4 is 9.46 Å². The first-order valence-corrected chi connectivity index (χ1v) is 12.9. The molecule has 2 N–H and O–H groups in total. The largest absolute Gasteiger partial charge is 0.487 e. The summed E-state index contributed by atoms with van der Waals surface area (Å²) >= 11 is 0. The fourth-order valence-corrected chi connectivity index (χ4v) is 5.89. The maximum atomic E-state index is 13.2. The Morgan fingerprint density at radius 2 is 1.81 bits per heavy atom. The van der Waals surface area contributed by atoms with E-state index in [-0.39, 0.29) is 12.2 Å². The summed E-state index contributed by atoms with van der Waals surface area (Å²) in [6.45, 7) is 4.06. The number of carboxylic acid groups (broad SMARTS) is 1. The van der Waals surface area contributed by atoms with Crippen molar-refractivity contribution in [3.63, 3.8) is 0 Å². The van der Waals surface area contributed by atoms with Crippen molar-refractivity contribution >= 4 is 21.7 Å². The minimum absolute atomic E-state index is 0.206. The molecule has 174 valence electrons. The molecule has 0 aliphatic heterocycles. The van der Waals surface area contributed by atoms with Gasteiger partial charge in [0.25, 0.3) is 0 Å².